The second-order valence-corrected chi connectivity index (χ2v) is 4.19. The van der Waals surface area contributed by atoms with Crippen molar-refractivity contribution in [2.24, 2.45) is 0 Å². The molecule has 0 saturated carbocycles. The molecule has 0 bridgehead atoms. The van der Waals surface area contributed by atoms with Crippen molar-refractivity contribution < 1.29 is 0 Å². The third kappa shape index (κ3) is 2.33. The number of nitrogens with zero attached hydrogens (tertiary/aromatic N) is 2. The molecule has 2 N–H and O–H groups in total. The summed E-state index contributed by atoms with van der Waals surface area (Å²) >= 11 is 11.7. The zero-order valence-electron chi connectivity index (χ0n) is 8.61. The average Bonchev–Trinajstić information content (AvgIpc) is 2.33. The number of halogens is 2. The van der Waals surface area contributed by atoms with Crippen LogP contribution in [0.1, 0.15) is 5.69 Å². The van der Waals surface area contributed by atoms with Gasteiger partial charge in [0.1, 0.15) is 6.07 Å². The van der Waals surface area contributed by atoms with E-state index in [-0.39, 0.29) is 5.69 Å². The topological polar surface area (TPSA) is 62.7 Å². The van der Waals surface area contributed by atoms with Crippen LogP contribution in [0.25, 0.3) is 11.3 Å². The maximum absolute atomic E-state index is 8.85. The van der Waals surface area contributed by atoms with Crippen molar-refractivity contribution in [2.75, 3.05) is 5.73 Å². The lowest BCUT2D eigenvalue weighted by Crippen LogP contribution is -1.95. The van der Waals surface area contributed by atoms with Crippen LogP contribution in [0.3, 0.4) is 0 Å². The molecule has 0 fully saturated rings. The molecule has 0 amide bonds. The zero-order valence-corrected chi connectivity index (χ0v) is 10.1. The molecule has 1 aromatic heterocycles. The number of benzene rings is 1. The second kappa shape index (κ2) is 4.62. The molecule has 5 heteroatoms. The number of hydrogen-bond acceptors (Lipinski definition) is 3. The number of aromatic nitrogens is 1. The summed E-state index contributed by atoms with van der Waals surface area (Å²) < 4.78 is 0. The number of hydrogen-bond donors (Lipinski definition) is 1. The first-order valence-corrected chi connectivity index (χ1v) is 5.49. The molecule has 0 atom stereocenters. The van der Waals surface area contributed by atoms with E-state index < -0.39 is 0 Å². The number of nitriles is 1. The standard InChI is InChI=1S/C12H7Cl2N3/c13-8-2-1-7(5-9(8)14)11-4-3-10(16)12(6-15)17-11/h1-5H,16H2. The van der Waals surface area contributed by atoms with Gasteiger partial charge in [-0.1, -0.05) is 29.3 Å². The first-order valence-electron chi connectivity index (χ1n) is 4.74. The van der Waals surface area contributed by atoms with Gasteiger partial charge in [0, 0.05) is 5.56 Å². The summed E-state index contributed by atoms with van der Waals surface area (Å²) in [4.78, 5) is 4.14. The number of anilines is 1. The highest BCUT2D eigenvalue weighted by Crippen LogP contribution is 2.28. The van der Waals surface area contributed by atoms with Gasteiger partial charge in [-0.05, 0) is 24.3 Å². The van der Waals surface area contributed by atoms with Gasteiger partial charge in [0.25, 0.3) is 0 Å². The Bertz CT molecular complexity index is 618. The van der Waals surface area contributed by atoms with Gasteiger partial charge >= 0.3 is 0 Å². The molecule has 0 radical (unpaired) electrons. The number of pyridine rings is 1. The van der Waals surface area contributed by atoms with Crippen molar-refractivity contribution >= 4 is 28.9 Å². The summed E-state index contributed by atoms with van der Waals surface area (Å²) in [5.41, 5.74) is 7.58. The van der Waals surface area contributed by atoms with Gasteiger partial charge < -0.3 is 5.73 Å². The molecule has 17 heavy (non-hydrogen) atoms. The lowest BCUT2D eigenvalue weighted by atomic mass is 10.1. The Morgan fingerprint density at radius 1 is 1.12 bits per heavy atom. The van der Waals surface area contributed by atoms with Crippen LogP contribution in [0, 0.1) is 11.3 Å². The fourth-order valence-corrected chi connectivity index (χ4v) is 1.67. The van der Waals surface area contributed by atoms with E-state index in [1.165, 1.54) is 0 Å². The van der Waals surface area contributed by atoms with Gasteiger partial charge in [-0.3, -0.25) is 0 Å². The first-order chi connectivity index (χ1) is 8.11. The van der Waals surface area contributed by atoms with E-state index in [1.807, 2.05) is 6.07 Å². The van der Waals surface area contributed by atoms with Gasteiger partial charge in [0.2, 0.25) is 0 Å². The van der Waals surface area contributed by atoms with Crippen LogP contribution in [-0.4, -0.2) is 4.98 Å². The third-order valence-electron chi connectivity index (χ3n) is 2.25. The number of nitrogen functional groups attached to an aromatic ring is 1. The van der Waals surface area contributed by atoms with E-state index in [0.29, 0.717) is 21.4 Å². The average molecular weight is 264 g/mol. The lowest BCUT2D eigenvalue weighted by molar-refractivity contribution is 1.27. The molecule has 1 aromatic carbocycles. The summed E-state index contributed by atoms with van der Waals surface area (Å²) in [5, 5.41) is 9.77. The van der Waals surface area contributed by atoms with Crippen molar-refractivity contribution in [3.05, 3.63) is 46.1 Å². The lowest BCUT2D eigenvalue weighted by Gasteiger charge is -2.04. The highest BCUT2D eigenvalue weighted by molar-refractivity contribution is 6.42. The molecule has 2 aromatic rings. The van der Waals surface area contributed by atoms with E-state index in [0.717, 1.165) is 5.56 Å². The molecule has 0 aliphatic heterocycles. The van der Waals surface area contributed by atoms with E-state index in [9.17, 15) is 0 Å². The molecule has 0 aliphatic carbocycles. The molecule has 0 aliphatic rings. The van der Waals surface area contributed by atoms with Gasteiger partial charge in [0.15, 0.2) is 5.69 Å². The largest absolute Gasteiger partial charge is 0.396 e. The first kappa shape index (κ1) is 11.7. The van der Waals surface area contributed by atoms with E-state index >= 15 is 0 Å². The highest BCUT2D eigenvalue weighted by Gasteiger charge is 2.06. The minimum absolute atomic E-state index is 0.202. The molecular weight excluding hydrogens is 257 g/mol. The minimum Gasteiger partial charge on any atom is -0.396 e. The smallest absolute Gasteiger partial charge is 0.164 e. The van der Waals surface area contributed by atoms with E-state index in [1.54, 1.807) is 30.3 Å². The van der Waals surface area contributed by atoms with Gasteiger partial charge in [-0.2, -0.15) is 5.26 Å². The number of rotatable bonds is 1. The van der Waals surface area contributed by atoms with Gasteiger partial charge in [-0.25, -0.2) is 4.98 Å². The van der Waals surface area contributed by atoms with Gasteiger partial charge in [-0.15, -0.1) is 0 Å². The maximum Gasteiger partial charge on any atom is 0.164 e. The minimum atomic E-state index is 0.202. The SMILES string of the molecule is N#Cc1nc(-c2ccc(Cl)c(Cl)c2)ccc1N. The predicted octanol–water partition coefficient (Wildman–Crippen LogP) is 3.51. The van der Waals surface area contributed by atoms with E-state index in [2.05, 4.69) is 4.98 Å². The zero-order chi connectivity index (χ0) is 12.4. The van der Waals surface area contributed by atoms with Crippen LogP contribution in [-0.2, 0) is 0 Å². The summed E-state index contributed by atoms with van der Waals surface area (Å²) in [5.74, 6) is 0. The third-order valence-corrected chi connectivity index (χ3v) is 2.99. The summed E-state index contributed by atoms with van der Waals surface area (Å²) in [7, 11) is 0. The molecule has 3 nitrogen and oxygen atoms in total. The van der Waals surface area contributed by atoms with Crippen molar-refractivity contribution in [3.8, 4) is 17.3 Å². The molecule has 1 heterocycles. The highest BCUT2D eigenvalue weighted by atomic mass is 35.5. The summed E-state index contributed by atoms with van der Waals surface area (Å²) in [6, 6.07) is 10.5. The van der Waals surface area contributed by atoms with Crippen molar-refractivity contribution in [2.45, 2.75) is 0 Å². The van der Waals surface area contributed by atoms with Crippen LogP contribution in [0.2, 0.25) is 10.0 Å². The van der Waals surface area contributed by atoms with Crippen LogP contribution in [0.15, 0.2) is 30.3 Å². The Morgan fingerprint density at radius 3 is 2.53 bits per heavy atom. The fourth-order valence-electron chi connectivity index (χ4n) is 1.38. The molecule has 0 spiro atoms. The summed E-state index contributed by atoms with van der Waals surface area (Å²) in [6.45, 7) is 0. The Balaban J connectivity index is 2.54. The molecular formula is C12H7Cl2N3. The Kier molecular flexibility index (Phi) is 3.19. The van der Waals surface area contributed by atoms with Gasteiger partial charge in [0.05, 0.1) is 21.4 Å². The van der Waals surface area contributed by atoms with E-state index in [4.69, 9.17) is 34.2 Å². The molecule has 0 unspecified atom stereocenters. The molecule has 0 saturated heterocycles. The van der Waals surface area contributed by atoms with Crippen LogP contribution < -0.4 is 5.73 Å². The predicted molar refractivity (Wildman–Crippen MR) is 68.8 cm³/mol. The monoisotopic (exact) mass is 263 g/mol. The normalized spacial score (nSPS) is 9.94. The second-order valence-electron chi connectivity index (χ2n) is 3.38. The Labute approximate surface area is 108 Å². The van der Waals surface area contributed by atoms with Crippen molar-refractivity contribution in [1.29, 1.82) is 5.26 Å². The van der Waals surface area contributed by atoms with Crippen LogP contribution >= 0.6 is 23.2 Å². The maximum atomic E-state index is 8.85. The quantitative estimate of drug-likeness (QED) is 0.857. The van der Waals surface area contributed by atoms with Crippen molar-refractivity contribution in [1.82, 2.24) is 4.98 Å². The Hall–Kier alpha value is -1.76. The molecule has 2 rings (SSSR count). The number of nitrogens with two attached hydrogens (primary N) is 1. The summed E-state index contributed by atoms with van der Waals surface area (Å²) in [6.07, 6.45) is 0. The van der Waals surface area contributed by atoms with Crippen molar-refractivity contribution in [3.63, 3.8) is 0 Å². The fraction of sp³-hybridized carbons (Fsp3) is 0. The Morgan fingerprint density at radius 2 is 1.88 bits per heavy atom. The van der Waals surface area contributed by atoms with Crippen LogP contribution in [0.4, 0.5) is 5.69 Å². The van der Waals surface area contributed by atoms with Crippen LogP contribution in [0.5, 0.6) is 0 Å². The molecule has 84 valence electrons.